The molecular weight excluding hydrogens is 350 g/mol. The summed E-state index contributed by atoms with van der Waals surface area (Å²) in [7, 11) is 0. The van der Waals surface area contributed by atoms with Gasteiger partial charge in [0, 0.05) is 5.56 Å². The maximum atomic E-state index is 12.3. The number of rotatable bonds is 3. The highest BCUT2D eigenvalue weighted by Crippen LogP contribution is 2.33. The Kier molecular flexibility index (Phi) is 5.20. The molecule has 2 aliphatic heterocycles. The summed E-state index contributed by atoms with van der Waals surface area (Å²) < 4.78 is 22.7. The minimum absolute atomic E-state index is 0.188. The second-order valence-corrected chi connectivity index (χ2v) is 6.56. The Morgan fingerprint density at radius 3 is 2.41 bits per heavy atom. The molecule has 27 heavy (non-hydrogen) atoms. The van der Waals surface area contributed by atoms with E-state index < -0.39 is 42.9 Å². The highest BCUT2D eigenvalue weighted by atomic mass is 16.8. The number of aliphatic hydroxyl groups is 1. The van der Waals surface area contributed by atoms with Crippen molar-refractivity contribution in [2.24, 2.45) is 5.73 Å². The minimum atomic E-state index is -1.09. The highest BCUT2D eigenvalue weighted by Gasteiger charge is 2.49. The van der Waals surface area contributed by atoms with Gasteiger partial charge in [0.1, 0.15) is 18.3 Å². The number of fused-ring (bicyclic) bond motifs is 1. The smallest absolute Gasteiger partial charge is 0.340 e. The molecule has 3 N–H and O–H groups in total. The normalized spacial score (nSPS) is 33.1. The molecule has 0 aliphatic carbocycles. The van der Waals surface area contributed by atoms with E-state index in [4.69, 9.17) is 24.7 Å². The van der Waals surface area contributed by atoms with Gasteiger partial charge in [0.15, 0.2) is 6.29 Å². The van der Waals surface area contributed by atoms with Crippen molar-refractivity contribution in [3.8, 4) is 0 Å². The molecule has 7 heteroatoms. The van der Waals surface area contributed by atoms with Crippen molar-refractivity contribution in [1.82, 2.24) is 0 Å². The van der Waals surface area contributed by atoms with E-state index in [1.165, 1.54) is 0 Å². The molecule has 2 saturated heterocycles. The molecule has 7 nitrogen and oxygen atoms in total. The van der Waals surface area contributed by atoms with E-state index in [9.17, 15) is 9.90 Å². The first-order chi connectivity index (χ1) is 13.1. The molecular formula is C20H21NO6. The van der Waals surface area contributed by atoms with Crippen molar-refractivity contribution in [1.29, 1.82) is 0 Å². The van der Waals surface area contributed by atoms with Crippen molar-refractivity contribution in [2.75, 3.05) is 6.61 Å². The molecule has 2 aromatic carbocycles. The van der Waals surface area contributed by atoms with Crippen molar-refractivity contribution in [2.45, 2.75) is 36.9 Å². The average molecular weight is 371 g/mol. The third-order valence-electron chi connectivity index (χ3n) is 4.72. The Balaban J connectivity index is 1.44. The number of carbonyl (C=O) groups is 1. The second kappa shape index (κ2) is 7.75. The molecule has 6 atom stereocenters. The lowest BCUT2D eigenvalue weighted by Gasteiger charge is -2.46. The van der Waals surface area contributed by atoms with Crippen molar-refractivity contribution < 1.29 is 28.8 Å². The van der Waals surface area contributed by atoms with Crippen LogP contribution in [-0.2, 0) is 18.9 Å². The predicted octanol–water partition coefficient (Wildman–Crippen LogP) is 1.37. The van der Waals surface area contributed by atoms with Gasteiger partial charge >= 0.3 is 5.97 Å². The topological polar surface area (TPSA) is 100 Å². The number of hydrogen-bond donors (Lipinski definition) is 2. The van der Waals surface area contributed by atoms with Crippen LogP contribution in [0.4, 0.5) is 0 Å². The van der Waals surface area contributed by atoms with Gasteiger partial charge < -0.3 is 29.8 Å². The van der Waals surface area contributed by atoms with Crippen LogP contribution in [-0.4, -0.2) is 48.3 Å². The Morgan fingerprint density at radius 2 is 1.70 bits per heavy atom. The molecule has 142 valence electrons. The molecule has 2 aromatic rings. The highest BCUT2D eigenvalue weighted by molar-refractivity contribution is 5.89. The standard InChI is InChI=1S/C20H21NO6/c21-15-16(22)17-14(11-24-19(26-17)13-9-5-2-6-10-13)25-20(15)27-18(23)12-7-3-1-4-8-12/h1-10,14-17,19-20,22H,11,21H2/t14-,15-,16-,17-,19+,20-/m1/s1. The van der Waals surface area contributed by atoms with Gasteiger partial charge in [0.2, 0.25) is 6.29 Å². The van der Waals surface area contributed by atoms with Crippen LogP contribution in [0, 0.1) is 0 Å². The van der Waals surface area contributed by atoms with Crippen molar-refractivity contribution >= 4 is 5.97 Å². The van der Waals surface area contributed by atoms with Gasteiger partial charge in [-0.3, -0.25) is 0 Å². The summed E-state index contributed by atoms with van der Waals surface area (Å²) >= 11 is 0. The molecule has 0 radical (unpaired) electrons. The largest absolute Gasteiger partial charge is 0.430 e. The Hall–Kier alpha value is -2.29. The van der Waals surface area contributed by atoms with Crippen LogP contribution < -0.4 is 5.73 Å². The first-order valence-corrected chi connectivity index (χ1v) is 8.80. The maximum absolute atomic E-state index is 12.3. The zero-order valence-electron chi connectivity index (χ0n) is 14.5. The van der Waals surface area contributed by atoms with Crippen LogP contribution in [0.3, 0.4) is 0 Å². The quantitative estimate of drug-likeness (QED) is 0.786. The van der Waals surface area contributed by atoms with Crippen LogP contribution in [0.1, 0.15) is 22.2 Å². The molecule has 0 spiro atoms. The first kappa shape index (κ1) is 18.1. The van der Waals surface area contributed by atoms with Gasteiger partial charge in [0.25, 0.3) is 0 Å². The van der Waals surface area contributed by atoms with E-state index in [-0.39, 0.29) is 6.61 Å². The molecule has 2 aliphatic rings. The molecule has 0 unspecified atom stereocenters. The fraction of sp³-hybridized carbons (Fsp3) is 0.350. The van der Waals surface area contributed by atoms with Crippen LogP contribution >= 0.6 is 0 Å². The summed E-state index contributed by atoms with van der Waals surface area (Å²) in [5.74, 6) is -0.568. The summed E-state index contributed by atoms with van der Waals surface area (Å²) in [6, 6.07) is 17.0. The van der Waals surface area contributed by atoms with E-state index in [0.717, 1.165) is 5.56 Å². The molecule has 2 fully saturated rings. The van der Waals surface area contributed by atoms with Crippen molar-refractivity contribution in [3.05, 3.63) is 71.8 Å². The maximum Gasteiger partial charge on any atom is 0.340 e. The first-order valence-electron chi connectivity index (χ1n) is 8.80. The average Bonchev–Trinajstić information content (AvgIpc) is 2.73. The van der Waals surface area contributed by atoms with E-state index >= 15 is 0 Å². The molecule has 2 heterocycles. The number of benzene rings is 2. The lowest BCUT2D eigenvalue weighted by molar-refractivity contribution is -0.334. The monoisotopic (exact) mass is 371 g/mol. The van der Waals surface area contributed by atoms with Gasteiger partial charge in [0.05, 0.1) is 18.2 Å². The third-order valence-corrected chi connectivity index (χ3v) is 4.72. The molecule has 0 saturated carbocycles. The van der Waals surface area contributed by atoms with E-state index in [1.54, 1.807) is 30.3 Å². The summed E-state index contributed by atoms with van der Waals surface area (Å²) in [5, 5.41) is 10.6. The van der Waals surface area contributed by atoms with Crippen molar-refractivity contribution in [3.63, 3.8) is 0 Å². The van der Waals surface area contributed by atoms with E-state index in [1.807, 2.05) is 30.3 Å². The number of hydrogen-bond acceptors (Lipinski definition) is 7. The Bertz CT molecular complexity index is 769. The number of esters is 1. The number of carbonyl (C=O) groups excluding carboxylic acids is 1. The predicted molar refractivity (Wildman–Crippen MR) is 94.5 cm³/mol. The van der Waals surface area contributed by atoms with E-state index in [2.05, 4.69) is 0 Å². The lowest BCUT2D eigenvalue weighted by atomic mass is 9.96. The molecule has 0 amide bonds. The summed E-state index contributed by atoms with van der Waals surface area (Å²) in [6.45, 7) is 0.188. The van der Waals surface area contributed by atoms with Gasteiger partial charge in [-0.15, -0.1) is 0 Å². The van der Waals surface area contributed by atoms with Gasteiger partial charge in [-0.2, -0.15) is 0 Å². The minimum Gasteiger partial charge on any atom is -0.430 e. The zero-order chi connectivity index (χ0) is 18.8. The van der Waals surface area contributed by atoms with Gasteiger partial charge in [-0.1, -0.05) is 48.5 Å². The fourth-order valence-corrected chi connectivity index (χ4v) is 3.25. The Morgan fingerprint density at radius 1 is 1.04 bits per heavy atom. The summed E-state index contributed by atoms with van der Waals surface area (Å²) in [4.78, 5) is 12.3. The van der Waals surface area contributed by atoms with Crippen LogP contribution in [0.15, 0.2) is 60.7 Å². The second-order valence-electron chi connectivity index (χ2n) is 6.56. The number of ether oxygens (including phenoxy) is 4. The fourth-order valence-electron chi connectivity index (χ4n) is 3.25. The van der Waals surface area contributed by atoms with Crippen LogP contribution in [0.25, 0.3) is 0 Å². The van der Waals surface area contributed by atoms with Crippen LogP contribution in [0.5, 0.6) is 0 Å². The zero-order valence-corrected chi connectivity index (χ0v) is 14.5. The molecule has 0 aromatic heterocycles. The van der Waals surface area contributed by atoms with Crippen LogP contribution in [0.2, 0.25) is 0 Å². The third kappa shape index (κ3) is 3.73. The van der Waals surface area contributed by atoms with Gasteiger partial charge in [-0.05, 0) is 12.1 Å². The SMILES string of the molecule is N[C@H]1[C@@H](OC(=O)c2ccccc2)O[C@@H]2CO[C@H](c3ccccc3)O[C@H]2[C@@H]1O. The van der Waals surface area contributed by atoms with Gasteiger partial charge in [-0.25, -0.2) is 4.79 Å². The molecule has 4 rings (SSSR count). The lowest BCUT2D eigenvalue weighted by Crippen LogP contribution is -2.65. The Labute approximate surface area is 156 Å². The summed E-state index contributed by atoms with van der Waals surface area (Å²) in [6.07, 6.45) is -4.03. The molecule has 0 bridgehead atoms. The summed E-state index contributed by atoms with van der Waals surface area (Å²) in [5.41, 5.74) is 7.29. The number of nitrogens with two attached hydrogens (primary N) is 1. The van der Waals surface area contributed by atoms with E-state index in [0.29, 0.717) is 5.56 Å². The number of aliphatic hydroxyl groups excluding tert-OH is 1.